The molecule has 116 valence electrons. The smallest absolute Gasteiger partial charge is 0.256 e. The normalized spacial score (nSPS) is 10.3. The quantitative estimate of drug-likeness (QED) is 0.888. The average Bonchev–Trinajstić information content (AvgIpc) is 2.56. The molecule has 0 unspecified atom stereocenters. The molecule has 0 aliphatic rings. The van der Waals surface area contributed by atoms with E-state index >= 15 is 0 Å². The third-order valence-corrected chi connectivity index (χ3v) is 3.57. The minimum atomic E-state index is -0.0470. The zero-order chi connectivity index (χ0) is 15.9. The van der Waals surface area contributed by atoms with Crippen molar-refractivity contribution in [1.29, 1.82) is 0 Å². The number of rotatable bonds is 6. The van der Waals surface area contributed by atoms with E-state index in [0.717, 1.165) is 5.56 Å². The van der Waals surface area contributed by atoms with Gasteiger partial charge in [0.2, 0.25) is 5.95 Å². The number of aromatic nitrogens is 2. The summed E-state index contributed by atoms with van der Waals surface area (Å²) in [5.74, 6) is 0.445. The zero-order valence-corrected chi connectivity index (χ0v) is 13.5. The van der Waals surface area contributed by atoms with Gasteiger partial charge in [-0.3, -0.25) is 4.79 Å². The van der Waals surface area contributed by atoms with Crippen LogP contribution in [0.15, 0.2) is 36.7 Å². The maximum Gasteiger partial charge on any atom is 0.256 e. The molecule has 0 radical (unpaired) electrons. The van der Waals surface area contributed by atoms with Gasteiger partial charge in [-0.25, -0.2) is 9.97 Å². The van der Waals surface area contributed by atoms with Gasteiger partial charge in [-0.05, 0) is 31.5 Å². The van der Waals surface area contributed by atoms with Crippen LogP contribution in [0.2, 0.25) is 5.02 Å². The van der Waals surface area contributed by atoms with Crippen molar-refractivity contribution in [2.75, 3.05) is 18.4 Å². The first-order chi connectivity index (χ1) is 10.6. The number of nitrogens with one attached hydrogen (secondary N) is 1. The van der Waals surface area contributed by atoms with Crippen LogP contribution in [-0.2, 0) is 6.54 Å². The van der Waals surface area contributed by atoms with Crippen molar-refractivity contribution in [3.63, 3.8) is 0 Å². The molecule has 6 heteroatoms. The van der Waals surface area contributed by atoms with E-state index in [0.29, 0.717) is 36.2 Å². The summed E-state index contributed by atoms with van der Waals surface area (Å²) in [5, 5.41) is 3.82. The molecule has 0 bridgehead atoms. The Kier molecular flexibility index (Phi) is 5.72. The van der Waals surface area contributed by atoms with Crippen LogP contribution < -0.4 is 5.32 Å². The third-order valence-electron chi connectivity index (χ3n) is 3.31. The van der Waals surface area contributed by atoms with Crippen LogP contribution in [0.5, 0.6) is 0 Å². The lowest BCUT2D eigenvalue weighted by Crippen LogP contribution is -2.30. The van der Waals surface area contributed by atoms with Crippen LogP contribution in [0.4, 0.5) is 5.95 Å². The lowest BCUT2D eigenvalue weighted by atomic mass is 10.2. The maximum atomic E-state index is 12.1. The highest BCUT2D eigenvalue weighted by Gasteiger charge is 2.13. The molecule has 0 saturated carbocycles. The third kappa shape index (κ3) is 4.18. The van der Waals surface area contributed by atoms with Crippen molar-refractivity contribution < 1.29 is 4.79 Å². The van der Waals surface area contributed by atoms with E-state index in [1.807, 2.05) is 38.1 Å². The van der Waals surface area contributed by atoms with Gasteiger partial charge in [0.15, 0.2) is 0 Å². The summed E-state index contributed by atoms with van der Waals surface area (Å²) in [7, 11) is 0. The number of carbonyl (C=O) groups excluding carboxylic acids is 1. The van der Waals surface area contributed by atoms with E-state index in [-0.39, 0.29) is 5.91 Å². The minimum absolute atomic E-state index is 0.0470. The predicted molar refractivity (Wildman–Crippen MR) is 88.1 cm³/mol. The second-order valence-corrected chi connectivity index (χ2v) is 5.19. The first kappa shape index (κ1) is 16.2. The molecule has 0 fully saturated rings. The van der Waals surface area contributed by atoms with Crippen LogP contribution >= 0.6 is 11.6 Å². The van der Waals surface area contributed by atoms with E-state index in [2.05, 4.69) is 15.3 Å². The molecule has 1 aromatic heterocycles. The van der Waals surface area contributed by atoms with Crippen molar-refractivity contribution in [1.82, 2.24) is 14.9 Å². The molecule has 0 saturated heterocycles. The number of anilines is 1. The molecule has 0 aliphatic heterocycles. The van der Waals surface area contributed by atoms with E-state index in [9.17, 15) is 4.79 Å². The molecule has 0 spiro atoms. The highest BCUT2D eigenvalue weighted by atomic mass is 35.5. The fourth-order valence-corrected chi connectivity index (χ4v) is 2.13. The van der Waals surface area contributed by atoms with E-state index in [1.54, 1.807) is 17.3 Å². The lowest BCUT2D eigenvalue weighted by molar-refractivity contribution is 0.0772. The molecule has 1 aromatic carbocycles. The van der Waals surface area contributed by atoms with Crippen molar-refractivity contribution in [2.45, 2.75) is 20.4 Å². The lowest BCUT2D eigenvalue weighted by Gasteiger charge is -2.18. The van der Waals surface area contributed by atoms with Gasteiger partial charge >= 0.3 is 0 Å². The molecule has 22 heavy (non-hydrogen) atoms. The molecule has 1 N–H and O–H groups in total. The Morgan fingerprint density at radius 1 is 1.14 bits per heavy atom. The molecule has 5 nitrogen and oxygen atoms in total. The van der Waals surface area contributed by atoms with Crippen molar-refractivity contribution in [3.05, 3.63) is 52.8 Å². The van der Waals surface area contributed by atoms with Gasteiger partial charge in [-0.1, -0.05) is 23.7 Å². The summed E-state index contributed by atoms with van der Waals surface area (Å²) in [6, 6.07) is 7.55. The van der Waals surface area contributed by atoms with Gasteiger partial charge in [-0.15, -0.1) is 0 Å². The number of halogens is 1. The zero-order valence-electron chi connectivity index (χ0n) is 12.7. The maximum absolute atomic E-state index is 12.1. The second kappa shape index (κ2) is 7.75. The van der Waals surface area contributed by atoms with Crippen LogP contribution in [-0.4, -0.2) is 33.9 Å². The Hall–Kier alpha value is -2.14. The minimum Gasteiger partial charge on any atom is -0.350 e. The van der Waals surface area contributed by atoms with Gasteiger partial charge in [0.25, 0.3) is 5.91 Å². The monoisotopic (exact) mass is 318 g/mol. The van der Waals surface area contributed by atoms with Crippen molar-refractivity contribution >= 4 is 23.5 Å². The number of amides is 1. The fourth-order valence-electron chi connectivity index (χ4n) is 2.01. The Balaban J connectivity index is 1.97. The van der Waals surface area contributed by atoms with E-state index < -0.39 is 0 Å². The van der Waals surface area contributed by atoms with Crippen LogP contribution in [0.25, 0.3) is 0 Å². The first-order valence-electron chi connectivity index (χ1n) is 7.23. The van der Waals surface area contributed by atoms with Gasteiger partial charge in [0, 0.05) is 37.1 Å². The molecule has 0 aliphatic carbocycles. The Labute approximate surface area is 135 Å². The topological polar surface area (TPSA) is 58.1 Å². The standard InChI is InChI=1S/C16H19ClN4O/c1-3-21(4-2)15(22)13-10-19-16(20-11-13)18-9-12-5-7-14(17)8-6-12/h5-8,10-11H,3-4,9H2,1-2H3,(H,18,19,20). The van der Waals surface area contributed by atoms with Crippen LogP contribution in [0.3, 0.4) is 0 Å². The largest absolute Gasteiger partial charge is 0.350 e. The summed E-state index contributed by atoms with van der Waals surface area (Å²) >= 11 is 5.84. The van der Waals surface area contributed by atoms with Gasteiger partial charge in [0.1, 0.15) is 0 Å². The van der Waals surface area contributed by atoms with Gasteiger partial charge < -0.3 is 10.2 Å². The summed E-state index contributed by atoms with van der Waals surface area (Å²) in [5.41, 5.74) is 1.58. The molecular weight excluding hydrogens is 300 g/mol. The molecule has 1 heterocycles. The Bertz CT molecular complexity index is 609. The fraction of sp³-hybridized carbons (Fsp3) is 0.312. The number of carbonyl (C=O) groups is 1. The highest BCUT2D eigenvalue weighted by molar-refractivity contribution is 6.30. The van der Waals surface area contributed by atoms with Gasteiger partial charge in [-0.2, -0.15) is 0 Å². The van der Waals surface area contributed by atoms with Gasteiger partial charge in [0.05, 0.1) is 5.56 Å². The Morgan fingerprint density at radius 3 is 2.27 bits per heavy atom. The van der Waals surface area contributed by atoms with Crippen molar-refractivity contribution in [3.8, 4) is 0 Å². The van der Waals surface area contributed by atoms with Crippen molar-refractivity contribution in [2.24, 2.45) is 0 Å². The number of hydrogen-bond donors (Lipinski definition) is 1. The summed E-state index contributed by atoms with van der Waals surface area (Å²) in [6.07, 6.45) is 3.11. The highest BCUT2D eigenvalue weighted by Crippen LogP contribution is 2.11. The first-order valence-corrected chi connectivity index (χ1v) is 7.61. The summed E-state index contributed by atoms with van der Waals surface area (Å²) in [6.45, 7) is 5.84. The van der Waals surface area contributed by atoms with E-state index in [1.165, 1.54) is 0 Å². The summed E-state index contributed by atoms with van der Waals surface area (Å²) < 4.78 is 0. The molecule has 2 rings (SSSR count). The second-order valence-electron chi connectivity index (χ2n) is 4.75. The molecule has 0 atom stereocenters. The molecular formula is C16H19ClN4O. The molecule has 2 aromatic rings. The molecule has 1 amide bonds. The summed E-state index contributed by atoms with van der Waals surface area (Å²) in [4.78, 5) is 22.3. The number of benzene rings is 1. The van der Waals surface area contributed by atoms with E-state index in [4.69, 9.17) is 11.6 Å². The Morgan fingerprint density at radius 2 is 1.73 bits per heavy atom. The average molecular weight is 319 g/mol. The van der Waals surface area contributed by atoms with Crippen LogP contribution in [0.1, 0.15) is 29.8 Å². The van der Waals surface area contributed by atoms with Crippen LogP contribution in [0, 0.1) is 0 Å². The predicted octanol–water partition coefficient (Wildman–Crippen LogP) is 3.22. The number of hydrogen-bond acceptors (Lipinski definition) is 4. The number of nitrogens with zero attached hydrogens (tertiary/aromatic N) is 3. The SMILES string of the molecule is CCN(CC)C(=O)c1cnc(NCc2ccc(Cl)cc2)nc1.